The van der Waals surface area contributed by atoms with Gasteiger partial charge in [0.2, 0.25) is 5.89 Å². The molecule has 0 atom stereocenters. The summed E-state index contributed by atoms with van der Waals surface area (Å²) >= 11 is 1.35. The first kappa shape index (κ1) is 17.3. The monoisotopic (exact) mass is 363 g/mol. The van der Waals surface area contributed by atoms with E-state index in [1.165, 1.54) is 30.2 Å². The number of halogens is 2. The highest BCUT2D eigenvalue weighted by molar-refractivity contribution is 7.98. The van der Waals surface area contributed by atoms with Gasteiger partial charge in [0.05, 0.1) is 5.69 Å². The summed E-state index contributed by atoms with van der Waals surface area (Å²) in [6, 6.07) is 5.04. The Hall–Kier alpha value is -2.48. The summed E-state index contributed by atoms with van der Waals surface area (Å²) in [5, 5.41) is 0.583. The molecule has 25 heavy (non-hydrogen) atoms. The molecule has 130 valence electrons. The third kappa shape index (κ3) is 3.96. The largest absolute Gasteiger partial charge is 0.444 e. The van der Waals surface area contributed by atoms with E-state index in [4.69, 9.17) is 4.42 Å². The highest BCUT2D eigenvalue weighted by Crippen LogP contribution is 2.25. The molecule has 1 aromatic carbocycles. The summed E-state index contributed by atoms with van der Waals surface area (Å²) in [6.07, 6.45) is 3.15. The number of benzene rings is 1. The number of nitrogens with zero attached hydrogens (tertiary/aromatic N) is 3. The van der Waals surface area contributed by atoms with Gasteiger partial charge in [-0.2, -0.15) is 4.98 Å². The van der Waals surface area contributed by atoms with Crippen molar-refractivity contribution in [3.8, 4) is 11.5 Å². The van der Waals surface area contributed by atoms with Crippen molar-refractivity contribution >= 4 is 11.8 Å². The minimum absolute atomic E-state index is 0.158. The number of hydrogen-bond acceptors (Lipinski definition) is 5. The molecular weight excluding hydrogens is 348 g/mol. The van der Waals surface area contributed by atoms with E-state index in [-0.39, 0.29) is 17.5 Å². The van der Waals surface area contributed by atoms with Gasteiger partial charge in [-0.25, -0.2) is 13.8 Å². The summed E-state index contributed by atoms with van der Waals surface area (Å²) in [5.41, 5.74) is 0.659. The second kappa shape index (κ2) is 7.18. The van der Waals surface area contributed by atoms with E-state index in [1.54, 1.807) is 6.20 Å². The van der Waals surface area contributed by atoms with Gasteiger partial charge in [-0.3, -0.25) is 4.79 Å². The summed E-state index contributed by atoms with van der Waals surface area (Å²) in [5.74, 6) is -1.25. The van der Waals surface area contributed by atoms with Crippen LogP contribution in [0.5, 0.6) is 0 Å². The second-order valence-corrected chi connectivity index (χ2v) is 6.55. The summed E-state index contributed by atoms with van der Waals surface area (Å²) in [6.45, 7) is 3.99. The lowest BCUT2D eigenvalue weighted by Gasteiger charge is -2.14. The average Bonchev–Trinajstić information content (AvgIpc) is 3.04. The van der Waals surface area contributed by atoms with Gasteiger partial charge < -0.3 is 8.98 Å². The molecule has 0 saturated heterocycles. The van der Waals surface area contributed by atoms with Gasteiger partial charge in [-0.05, 0) is 32.0 Å². The van der Waals surface area contributed by atoms with E-state index in [0.717, 1.165) is 12.1 Å². The third-order valence-electron chi connectivity index (χ3n) is 3.43. The van der Waals surface area contributed by atoms with E-state index >= 15 is 0 Å². The molecular formula is C17H15F2N3O2S. The molecule has 2 heterocycles. The molecule has 0 bridgehead atoms. The van der Waals surface area contributed by atoms with Crippen LogP contribution < -0.4 is 5.56 Å². The molecule has 2 aromatic heterocycles. The fourth-order valence-corrected chi connectivity index (χ4v) is 3.16. The zero-order valence-corrected chi connectivity index (χ0v) is 14.4. The Morgan fingerprint density at radius 2 is 2.00 bits per heavy atom. The predicted octanol–water partition coefficient (Wildman–Crippen LogP) is 4.05. The molecule has 0 saturated carbocycles. The Kier molecular flexibility index (Phi) is 4.98. The van der Waals surface area contributed by atoms with Crippen LogP contribution in [0.15, 0.2) is 51.1 Å². The predicted molar refractivity (Wildman–Crippen MR) is 90.3 cm³/mol. The van der Waals surface area contributed by atoms with Gasteiger partial charge in [0.25, 0.3) is 5.56 Å². The molecule has 0 amide bonds. The maximum atomic E-state index is 13.3. The Labute approximate surface area is 146 Å². The van der Waals surface area contributed by atoms with Crippen LogP contribution >= 0.6 is 11.8 Å². The second-order valence-electron chi connectivity index (χ2n) is 5.61. The minimum atomic E-state index is -0.957. The Morgan fingerprint density at radius 1 is 1.20 bits per heavy atom. The average molecular weight is 363 g/mol. The van der Waals surface area contributed by atoms with Crippen LogP contribution in [0.4, 0.5) is 8.78 Å². The number of aromatic nitrogens is 3. The Balaban J connectivity index is 1.77. The van der Waals surface area contributed by atoms with Gasteiger partial charge in [0, 0.05) is 29.6 Å². The molecule has 0 fully saturated rings. The van der Waals surface area contributed by atoms with Crippen LogP contribution in [0.2, 0.25) is 0 Å². The van der Waals surface area contributed by atoms with Gasteiger partial charge in [-0.1, -0.05) is 11.8 Å². The zero-order chi connectivity index (χ0) is 18.0. The van der Waals surface area contributed by atoms with Gasteiger partial charge >= 0.3 is 0 Å². The first-order valence-corrected chi connectivity index (χ1v) is 8.54. The van der Waals surface area contributed by atoms with Gasteiger partial charge in [-0.15, -0.1) is 0 Å². The maximum Gasteiger partial charge on any atom is 0.273 e. The Bertz CT molecular complexity index is 953. The molecule has 0 aliphatic carbocycles. The normalized spacial score (nSPS) is 11.2. The van der Waals surface area contributed by atoms with Crippen LogP contribution in [0.25, 0.3) is 11.5 Å². The molecule has 8 heteroatoms. The summed E-state index contributed by atoms with van der Waals surface area (Å²) < 4.78 is 33.5. The molecule has 3 rings (SSSR count). The smallest absolute Gasteiger partial charge is 0.273 e. The molecule has 0 N–H and O–H groups in total. The van der Waals surface area contributed by atoms with Crippen molar-refractivity contribution < 1.29 is 13.2 Å². The lowest BCUT2D eigenvalue weighted by atomic mass is 10.2. The van der Waals surface area contributed by atoms with Crippen molar-refractivity contribution in [3.05, 3.63) is 64.4 Å². The van der Waals surface area contributed by atoms with Crippen molar-refractivity contribution in [1.29, 1.82) is 0 Å². The lowest BCUT2D eigenvalue weighted by Crippen LogP contribution is -2.14. The standard InChI is InChI=1S/C17H15F2N3O2S/c1-10(2)22-6-5-15(23)21-17(22)25-9-12-8-24-16(20-12)11-3-4-13(18)14(19)7-11/h3-8,10H,9H2,1-2H3. The van der Waals surface area contributed by atoms with E-state index in [9.17, 15) is 13.6 Å². The summed E-state index contributed by atoms with van der Waals surface area (Å²) in [4.78, 5) is 19.8. The number of hydrogen-bond donors (Lipinski definition) is 0. The SMILES string of the molecule is CC(C)n1ccc(=O)nc1SCc1coc(-c2ccc(F)c(F)c2)n1. The first-order chi connectivity index (χ1) is 11.9. The molecule has 0 unspecified atom stereocenters. The van der Waals surface area contributed by atoms with Crippen LogP contribution in [0.3, 0.4) is 0 Å². The van der Waals surface area contributed by atoms with Crippen LogP contribution in [0.1, 0.15) is 25.6 Å². The molecule has 5 nitrogen and oxygen atoms in total. The van der Waals surface area contributed by atoms with E-state index in [1.807, 2.05) is 18.4 Å². The first-order valence-electron chi connectivity index (χ1n) is 7.56. The number of rotatable bonds is 5. The highest BCUT2D eigenvalue weighted by Gasteiger charge is 2.12. The fourth-order valence-electron chi connectivity index (χ4n) is 2.17. The molecule has 3 aromatic rings. The van der Waals surface area contributed by atoms with E-state index in [2.05, 4.69) is 9.97 Å². The van der Waals surface area contributed by atoms with E-state index in [0.29, 0.717) is 22.2 Å². The number of thioether (sulfide) groups is 1. The fraction of sp³-hybridized carbons (Fsp3) is 0.235. The van der Waals surface area contributed by atoms with Crippen LogP contribution in [-0.4, -0.2) is 14.5 Å². The van der Waals surface area contributed by atoms with Crippen molar-refractivity contribution in [1.82, 2.24) is 14.5 Å². The summed E-state index contributed by atoms with van der Waals surface area (Å²) in [7, 11) is 0. The minimum Gasteiger partial charge on any atom is -0.444 e. The quantitative estimate of drug-likeness (QED) is 0.506. The Morgan fingerprint density at radius 3 is 2.72 bits per heavy atom. The topological polar surface area (TPSA) is 60.9 Å². The van der Waals surface area contributed by atoms with Gasteiger partial charge in [0.1, 0.15) is 6.26 Å². The lowest BCUT2D eigenvalue weighted by molar-refractivity contribution is 0.507. The van der Waals surface area contributed by atoms with Crippen LogP contribution in [0, 0.1) is 11.6 Å². The maximum absolute atomic E-state index is 13.3. The van der Waals surface area contributed by atoms with Crippen LogP contribution in [-0.2, 0) is 5.75 Å². The van der Waals surface area contributed by atoms with Crippen molar-refractivity contribution in [2.75, 3.05) is 0 Å². The van der Waals surface area contributed by atoms with Crippen molar-refractivity contribution in [3.63, 3.8) is 0 Å². The molecule has 0 radical (unpaired) electrons. The van der Waals surface area contributed by atoms with Gasteiger partial charge in [0.15, 0.2) is 16.8 Å². The van der Waals surface area contributed by atoms with E-state index < -0.39 is 11.6 Å². The number of oxazole rings is 1. The van der Waals surface area contributed by atoms with Crippen molar-refractivity contribution in [2.45, 2.75) is 30.8 Å². The third-order valence-corrected chi connectivity index (χ3v) is 4.43. The molecule has 0 spiro atoms. The van der Waals surface area contributed by atoms with Crippen molar-refractivity contribution in [2.24, 2.45) is 0 Å². The molecule has 0 aliphatic heterocycles. The molecule has 0 aliphatic rings. The highest BCUT2D eigenvalue weighted by atomic mass is 32.2. The zero-order valence-electron chi connectivity index (χ0n) is 13.6.